The topological polar surface area (TPSA) is 347 Å². The van der Waals surface area contributed by atoms with Gasteiger partial charge < -0.3 is 70.1 Å². The van der Waals surface area contributed by atoms with Gasteiger partial charge in [-0.25, -0.2) is 9.59 Å². The number of carbonyl (C=O) groups excluding carboxylic acids is 12. The zero-order chi connectivity index (χ0) is 80.9. The summed E-state index contributed by atoms with van der Waals surface area (Å²) in [6.07, 6.45) is 3.75. The Morgan fingerprint density at radius 1 is 0.697 bits per heavy atom. The lowest BCUT2D eigenvalue weighted by atomic mass is 9.83. The molecule has 2 fully saturated rings. The van der Waals surface area contributed by atoms with Crippen LogP contribution >= 0.6 is 11.8 Å². The van der Waals surface area contributed by atoms with Crippen molar-refractivity contribution in [3.8, 4) is 0 Å². The molecule has 6 N–H and O–H groups in total. The predicted molar refractivity (Wildman–Crippen MR) is 418 cm³/mol. The first-order valence-electron chi connectivity index (χ1n) is 39.2. The molecule has 27 nitrogen and oxygen atoms in total. The normalized spacial score (nSPS) is 17.2. The lowest BCUT2D eigenvalue weighted by Gasteiger charge is -2.41. The average molecular weight is 1550 g/mol. The number of rotatable bonds is 54. The molecule has 2 aliphatic heterocycles. The van der Waals surface area contributed by atoms with Crippen molar-refractivity contribution in [3.63, 3.8) is 0 Å². The van der Waals surface area contributed by atoms with E-state index in [4.69, 9.17) is 34.2 Å². The summed E-state index contributed by atoms with van der Waals surface area (Å²) in [7, 11) is 7.89. The van der Waals surface area contributed by atoms with Crippen LogP contribution in [-0.2, 0) is 94.0 Å². The molecule has 0 aliphatic carbocycles. The van der Waals surface area contributed by atoms with E-state index in [1.54, 1.807) is 62.2 Å². The first-order chi connectivity index (χ1) is 51.9. The Kier molecular flexibility index (Phi) is 42.9. The zero-order valence-corrected chi connectivity index (χ0v) is 68.4. The molecule has 12 atom stereocenters. The van der Waals surface area contributed by atoms with Crippen LogP contribution in [0.3, 0.4) is 0 Å². The van der Waals surface area contributed by atoms with Gasteiger partial charge in [0, 0.05) is 111 Å². The van der Waals surface area contributed by atoms with Crippen molar-refractivity contribution in [2.24, 2.45) is 47.2 Å². The minimum absolute atomic E-state index is 0.0384. The van der Waals surface area contributed by atoms with Gasteiger partial charge in [-0.3, -0.25) is 52.8 Å². The summed E-state index contributed by atoms with van der Waals surface area (Å²) in [5.74, 6) is -6.37. The number of unbranched alkanes of at least 4 members (excludes halogenated alkanes) is 2. The van der Waals surface area contributed by atoms with Crippen LogP contribution < -0.4 is 27.0 Å². The fourth-order valence-electron chi connectivity index (χ4n) is 14.4. The minimum atomic E-state index is -1.04. The number of likely N-dealkylation sites (tertiary alicyclic amines) is 2. The lowest BCUT2D eigenvalue weighted by Crippen LogP contribution is -2.55. The Morgan fingerprint density at radius 3 is 1.97 bits per heavy atom. The Bertz CT molecular complexity index is 3200. The van der Waals surface area contributed by atoms with Crippen molar-refractivity contribution in [1.82, 2.24) is 35.6 Å². The molecule has 2 aliphatic rings. The Balaban J connectivity index is 1.37. The predicted octanol–water partition coefficient (Wildman–Crippen LogP) is 8.14. The molecule has 2 aromatic carbocycles. The van der Waals surface area contributed by atoms with E-state index in [9.17, 15) is 52.7 Å². The largest absolute Gasteiger partial charge is 0.462 e. The molecule has 10 amide bonds. The number of benzene rings is 2. The highest BCUT2D eigenvalue weighted by Gasteiger charge is 2.45. The monoisotopic (exact) mass is 1550 g/mol. The molecule has 0 aromatic heterocycles. The summed E-state index contributed by atoms with van der Waals surface area (Å²) in [5.41, 5.74) is 7.32. The van der Waals surface area contributed by atoms with Gasteiger partial charge in [0.2, 0.25) is 47.3 Å². The van der Waals surface area contributed by atoms with Crippen LogP contribution in [0.2, 0.25) is 0 Å². The van der Waals surface area contributed by atoms with E-state index in [0.29, 0.717) is 96.6 Å². The number of nitrogens with zero attached hydrogens (tertiary/aromatic N) is 4. The van der Waals surface area contributed by atoms with Crippen LogP contribution in [0.1, 0.15) is 177 Å². The number of urea groups is 1. The molecule has 28 heteroatoms. The maximum atomic E-state index is 15.0. The van der Waals surface area contributed by atoms with E-state index in [0.717, 1.165) is 23.3 Å². The number of nitrogens with one attached hydrogen (secondary N) is 4. The number of hydrogen-bond acceptors (Lipinski definition) is 19. The molecule has 0 bridgehead atoms. The van der Waals surface area contributed by atoms with E-state index >= 15 is 4.79 Å². The number of primary amides is 1. The maximum Gasteiger partial charge on any atom is 0.329 e. The summed E-state index contributed by atoms with van der Waals surface area (Å²) in [5, 5.41) is 10.9. The van der Waals surface area contributed by atoms with E-state index in [1.165, 1.54) is 35.8 Å². The molecule has 109 heavy (non-hydrogen) atoms. The van der Waals surface area contributed by atoms with Crippen LogP contribution in [0.15, 0.2) is 54.6 Å². The highest BCUT2D eigenvalue weighted by atomic mass is 32.2. The van der Waals surface area contributed by atoms with E-state index in [-0.39, 0.29) is 147 Å². The Labute approximate surface area is 651 Å². The second-order valence-corrected chi connectivity index (χ2v) is 31.3. The van der Waals surface area contributed by atoms with Crippen molar-refractivity contribution < 1.29 is 86.0 Å². The number of imide groups is 1. The standard InChI is InChI=1S/C81H129N9O18S/c1-16-46-109-67-51-71(96)90(79(67)100)38-23-19-22-30-68(93)86-72(53(5)6)64(91)48-59(28-24-37-83-81(82)102)77(98)84-60-34-31-57(32-35-60)33-36-69(94)87(11)73(54(7)8)65(92)49-61(52(3)4)78(99)88(12)74(55(9)17-2)66(104-14)50-70(95)89-39-25-29-63(89)75(105-15)56(10)76(97)85-62(47-58-26-20-18-21-27-58)80(101)108-45-44-107-43-42-106-41-40-103-13/h18,20-21,26-27,31-32,34-35,52-56,59,61-63,66-67,72-75H,16-17,19,22-25,28-30,33,36-51H2,1-15H3,(H,84,98)(H,85,97)(H,86,93)(H3,82,83,102)/t55-,56+,59+,61-,62-,63-,66+,67?,72-,73-,74?,75+/m0/s1. The molecule has 0 radical (unpaired) electrons. The molecule has 4 rings (SSSR count). The zero-order valence-electron chi connectivity index (χ0n) is 67.6. The van der Waals surface area contributed by atoms with Crippen LogP contribution in [0.25, 0.3) is 0 Å². The number of methoxy groups -OCH3 is 3. The van der Waals surface area contributed by atoms with Crippen molar-refractivity contribution in [2.75, 3.05) is 106 Å². The number of hydrogen-bond donors (Lipinski definition) is 5. The number of thioether (sulfide) groups is 1. The van der Waals surface area contributed by atoms with Crippen LogP contribution in [0, 0.1) is 41.4 Å². The number of nitrogens with two attached hydrogens (primary N) is 1. The average Bonchev–Trinajstić information content (AvgIpc) is 1.79. The quantitative estimate of drug-likeness (QED) is 0.0237. The minimum Gasteiger partial charge on any atom is -0.462 e. The number of anilines is 1. The first-order valence-corrected chi connectivity index (χ1v) is 40.3. The van der Waals surface area contributed by atoms with Gasteiger partial charge in [-0.2, -0.15) is 0 Å². The Hall–Kier alpha value is -7.37. The third kappa shape index (κ3) is 31.0. The van der Waals surface area contributed by atoms with Gasteiger partial charge in [-0.1, -0.05) is 125 Å². The summed E-state index contributed by atoms with van der Waals surface area (Å²) in [6, 6.07) is 11.6. The maximum absolute atomic E-state index is 15.0. The number of amides is 10. The van der Waals surface area contributed by atoms with Gasteiger partial charge in [-0.15, -0.1) is 11.8 Å². The van der Waals surface area contributed by atoms with Crippen LogP contribution in [-0.4, -0.2) is 239 Å². The van der Waals surface area contributed by atoms with Crippen molar-refractivity contribution in [3.05, 3.63) is 65.7 Å². The molecule has 2 heterocycles. The Morgan fingerprint density at radius 2 is 1.37 bits per heavy atom. The molecule has 612 valence electrons. The van der Waals surface area contributed by atoms with E-state index in [1.807, 2.05) is 92.6 Å². The molecule has 0 saturated carbocycles. The fraction of sp³-hybridized carbons (Fsp3) is 0.704. The fourth-order valence-corrected chi connectivity index (χ4v) is 15.4. The van der Waals surface area contributed by atoms with Gasteiger partial charge >= 0.3 is 12.0 Å². The highest BCUT2D eigenvalue weighted by molar-refractivity contribution is 8.00. The van der Waals surface area contributed by atoms with Gasteiger partial charge in [0.15, 0.2) is 11.6 Å². The number of ketones is 2. The number of carbonyl (C=O) groups is 12. The number of likely N-dealkylation sites (N-methyl/N-ethyl adjacent to an activating group) is 2. The van der Waals surface area contributed by atoms with E-state index < -0.39 is 84.0 Å². The SMILES string of the molecule is CCCSC1CC(=O)N(CCCCCC(=O)N[C@H](C(=O)C[C@@H](CCCNC(N)=O)C(=O)Nc2ccc(CCC(=O)N(C)[C@H](C(=O)C[C@H](C(=O)N(C)C([C@@H](C)CC)[C@@H](CC(=O)N3CCC[C@H]3[C@H](OC)[C@@H](C)C(=O)N[C@@H](Cc3ccccc3)C(=O)OCCOCCOCCOC)OC)C(C)C)C(C)C)cc2)C(C)C)C1=O. The summed E-state index contributed by atoms with van der Waals surface area (Å²) in [4.78, 5) is 171. The van der Waals surface area contributed by atoms with Gasteiger partial charge in [0.25, 0.3) is 0 Å². The third-order valence-electron chi connectivity index (χ3n) is 20.8. The molecule has 2 saturated heterocycles. The lowest BCUT2D eigenvalue weighted by molar-refractivity contribution is -0.151. The number of aryl methyl sites for hydroxylation is 1. The first kappa shape index (κ1) is 94.0. The second kappa shape index (κ2) is 49.8. The van der Waals surface area contributed by atoms with Gasteiger partial charge in [0.1, 0.15) is 12.6 Å². The van der Waals surface area contributed by atoms with Crippen LogP contribution in [0.5, 0.6) is 0 Å². The third-order valence-corrected chi connectivity index (χ3v) is 22.2. The molecule has 2 aromatic rings. The molecule has 0 spiro atoms. The highest BCUT2D eigenvalue weighted by Crippen LogP contribution is 2.33. The van der Waals surface area contributed by atoms with Gasteiger partial charge in [0.05, 0.1) is 87.0 Å². The molecular formula is C81H129N9O18S. The molecular weight excluding hydrogens is 1420 g/mol. The van der Waals surface area contributed by atoms with Crippen molar-refractivity contribution in [1.29, 1.82) is 0 Å². The number of Topliss-reactive ketones (excluding diaryl/α,β-unsaturated/α-hetero) is 2. The number of ether oxygens (including phenoxy) is 6. The van der Waals surface area contributed by atoms with Crippen molar-refractivity contribution >= 4 is 88.3 Å². The summed E-state index contributed by atoms with van der Waals surface area (Å²) in [6.45, 7) is 21.3. The smallest absolute Gasteiger partial charge is 0.329 e. The molecule has 2 unspecified atom stereocenters. The van der Waals surface area contributed by atoms with Crippen molar-refractivity contribution in [2.45, 2.75) is 226 Å². The van der Waals surface area contributed by atoms with Gasteiger partial charge in [-0.05, 0) is 104 Å². The van der Waals surface area contributed by atoms with E-state index in [2.05, 4.69) is 21.3 Å². The van der Waals surface area contributed by atoms with Crippen LogP contribution in [0.4, 0.5) is 10.5 Å². The summed E-state index contributed by atoms with van der Waals surface area (Å²) >= 11 is 1.51. The number of esters is 1. The second-order valence-electron chi connectivity index (χ2n) is 30.0. The summed E-state index contributed by atoms with van der Waals surface area (Å²) < 4.78 is 33.8.